The third-order valence-corrected chi connectivity index (χ3v) is 3.98. The van der Waals surface area contributed by atoms with Gasteiger partial charge >= 0.3 is 0 Å². The maximum absolute atomic E-state index is 4.42. The van der Waals surface area contributed by atoms with Crippen molar-refractivity contribution in [1.82, 2.24) is 10.3 Å². The molecule has 1 aliphatic rings. The molecule has 1 aliphatic carbocycles. The van der Waals surface area contributed by atoms with Gasteiger partial charge in [-0.2, -0.15) is 0 Å². The Morgan fingerprint density at radius 3 is 3.00 bits per heavy atom. The van der Waals surface area contributed by atoms with E-state index in [9.17, 15) is 0 Å². The van der Waals surface area contributed by atoms with E-state index < -0.39 is 0 Å². The van der Waals surface area contributed by atoms with Gasteiger partial charge in [-0.25, -0.2) is 0 Å². The van der Waals surface area contributed by atoms with E-state index >= 15 is 0 Å². The van der Waals surface area contributed by atoms with Crippen LogP contribution < -0.4 is 5.32 Å². The molecule has 1 fully saturated rings. The summed E-state index contributed by atoms with van der Waals surface area (Å²) in [7, 11) is 0. The first-order valence-corrected chi connectivity index (χ1v) is 6.96. The van der Waals surface area contributed by atoms with Gasteiger partial charge in [0.2, 0.25) is 0 Å². The highest BCUT2D eigenvalue weighted by Crippen LogP contribution is 2.27. The van der Waals surface area contributed by atoms with Crippen LogP contribution >= 0.6 is 0 Å². The summed E-state index contributed by atoms with van der Waals surface area (Å²) in [5, 5.41) is 3.74. The zero-order valence-corrected chi connectivity index (χ0v) is 11.0. The molecule has 3 atom stereocenters. The normalized spacial score (nSPS) is 26.7. The number of nitrogens with zero attached hydrogens (tertiary/aromatic N) is 1. The molecule has 0 amide bonds. The lowest BCUT2D eigenvalue weighted by Gasteiger charge is -2.31. The predicted octanol–water partition coefficient (Wildman–Crippen LogP) is 3.70. The number of hydrogen-bond acceptors (Lipinski definition) is 2. The summed E-state index contributed by atoms with van der Waals surface area (Å²) in [5.74, 6) is 0.928. The molecule has 0 aliphatic heterocycles. The summed E-state index contributed by atoms with van der Waals surface area (Å²) in [4.78, 5) is 4.42. The number of pyridine rings is 1. The van der Waals surface area contributed by atoms with Crippen LogP contribution in [0.4, 0.5) is 0 Å². The first-order chi connectivity index (χ1) is 8.29. The summed E-state index contributed by atoms with van der Waals surface area (Å²) >= 11 is 0. The quantitative estimate of drug-likeness (QED) is 0.856. The molecule has 0 aromatic carbocycles. The van der Waals surface area contributed by atoms with Crippen LogP contribution in [0.25, 0.3) is 0 Å². The third kappa shape index (κ3) is 3.53. The average Bonchev–Trinajstić information content (AvgIpc) is 2.40. The van der Waals surface area contributed by atoms with E-state index in [1.54, 1.807) is 0 Å². The first kappa shape index (κ1) is 12.6. The second-order valence-electron chi connectivity index (χ2n) is 5.28. The van der Waals surface area contributed by atoms with E-state index in [4.69, 9.17) is 0 Å². The van der Waals surface area contributed by atoms with Gasteiger partial charge in [0.1, 0.15) is 0 Å². The summed E-state index contributed by atoms with van der Waals surface area (Å²) in [6.45, 7) is 4.53. The van der Waals surface area contributed by atoms with Crippen molar-refractivity contribution in [2.24, 2.45) is 5.92 Å². The molecule has 1 saturated carbocycles. The Bertz CT molecular complexity index is 323. The van der Waals surface area contributed by atoms with Crippen molar-refractivity contribution in [3.05, 3.63) is 30.1 Å². The summed E-state index contributed by atoms with van der Waals surface area (Å²) in [5.41, 5.74) is 1.16. The summed E-state index contributed by atoms with van der Waals surface area (Å²) in [6, 6.07) is 7.21. The monoisotopic (exact) mass is 232 g/mol. The molecule has 1 heterocycles. The van der Waals surface area contributed by atoms with Crippen LogP contribution in [0.15, 0.2) is 24.4 Å². The highest BCUT2D eigenvalue weighted by Gasteiger charge is 2.22. The fourth-order valence-electron chi connectivity index (χ4n) is 2.88. The number of rotatable bonds is 4. The second kappa shape index (κ2) is 6.15. The van der Waals surface area contributed by atoms with Crippen LogP contribution in [-0.4, -0.2) is 11.0 Å². The molecule has 0 spiro atoms. The predicted molar refractivity (Wildman–Crippen MR) is 71.8 cm³/mol. The van der Waals surface area contributed by atoms with Gasteiger partial charge in [-0.3, -0.25) is 4.98 Å². The lowest BCUT2D eigenvalue weighted by Crippen LogP contribution is -2.36. The fraction of sp³-hybridized carbons (Fsp3) is 0.667. The lowest BCUT2D eigenvalue weighted by molar-refractivity contribution is 0.265. The smallest absolute Gasteiger partial charge is 0.0570 e. The molecular weight excluding hydrogens is 208 g/mol. The van der Waals surface area contributed by atoms with E-state index in [1.807, 2.05) is 12.3 Å². The molecule has 1 N–H and O–H groups in total. The van der Waals surface area contributed by atoms with Crippen LogP contribution in [0.2, 0.25) is 0 Å². The minimum Gasteiger partial charge on any atom is -0.306 e. The maximum atomic E-state index is 4.42. The molecule has 2 rings (SSSR count). The van der Waals surface area contributed by atoms with Gasteiger partial charge in [0.15, 0.2) is 0 Å². The second-order valence-corrected chi connectivity index (χ2v) is 5.28. The average molecular weight is 232 g/mol. The molecule has 0 saturated heterocycles. The van der Waals surface area contributed by atoms with Gasteiger partial charge < -0.3 is 5.32 Å². The van der Waals surface area contributed by atoms with Gasteiger partial charge in [-0.15, -0.1) is 0 Å². The van der Waals surface area contributed by atoms with E-state index in [0.717, 1.165) is 11.6 Å². The zero-order valence-electron chi connectivity index (χ0n) is 11.0. The van der Waals surface area contributed by atoms with Crippen molar-refractivity contribution in [3.8, 4) is 0 Å². The zero-order chi connectivity index (χ0) is 12.1. The van der Waals surface area contributed by atoms with Crippen LogP contribution in [0.3, 0.4) is 0 Å². The Balaban J connectivity index is 1.88. The van der Waals surface area contributed by atoms with Crippen molar-refractivity contribution in [2.45, 2.75) is 58.0 Å². The number of nitrogens with one attached hydrogen (secondary N) is 1. The molecule has 0 radical (unpaired) electrons. The standard InChI is InChI=1S/C15H24N2/c1-3-13-7-6-8-14(11-13)17-12(2)15-9-4-5-10-16-15/h4-5,9-10,12-14,17H,3,6-8,11H2,1-2H3/t12-,13?,14?/m1/s1. The van der Waals surface area contributed by atoms with Crippen molar-refractivity contribution in [3.63, 3.8) is 0 Å². The molecule has 2 unspecified atom stereocenters. The van der Waals surface area contributed by atoms with Gasteiger partial charge in [0, 0.05) is 18.3 Å². The summed E-state index contributed by atoms with van der Waals surface area (Å²) in [6.07, 6.45) is 8.68. The molecule has 94 valence electrons. The van der Waals surface area contributed by atoms with Crippen molar-refractivity contribution >= 4 is 0 Å². The molecule has 0 bridgehead atoms. The van der Waals surface area contributed by atoms with Crippen molar-refractivity contribution in [2.75, 3.05) is 0 Å². The van der Waals surface area contributed by atoms with Crippen LogP contribution in [0.1, 0.15) is 57.7 Å². The largest absolute Gasteiger partial charge is 0.306 e. The van der Waals surface area contributed by atoms with Crippen molar-refractivity contribution < 1.29 is 0 Å². The molecule has 2 heteroatoms. The topological polar surface area (TPSA) is 24.9 Å². The van der Waals surface area contributed by atoms with Crippen LogP contribution in [0, 0.1) is 5.92 Å². The molecule has 1 aromatic heterocycles. The Morgan fingerprint density at radius 2 is 2.29 bits per heavy atom. The fourth-order valence-corrected chi connectivity index (χ4v) is 2.88. The van der Waals surface area contributed by atoms with Gasteiger partial charge in [-0.1, -0.05) is 32.3 Å². The van der Waals surface area contributed by atoms with Gasteiger partial charge in [0.25, 0.3) is 0 Å². The van der Waals surface area contributed by atoms with E-state index in [2.05, 4.69) is 36.3 Å². The minimum absolute atomic E-state index is 0.372. The SMILES string of the molecule is CCC1CCCC(N[C@H](C)c2ccccn2)C1. The molecule has 1 aromatic rings. The third-order valence-electron chi connectivity index (χ3n) is 3.98. The Labute approximate surface area is 105 Å². The first-order valence-electron chi connectivity index (χ1n) is 6.96. The molecular formula is C15H24N2. The van der Waals surface area contributed by atoms with Crippen molar-refractivity contribution in [1.29, 1.82) is 0 Å². The number of hydrogen-bond donors (Lipinski definition) is 1. The van der Waals surface area contributed by atoms with Gasteiger partial charge in [0.05, 0.1) is 5.69 Å². The Hall–Kier alpha value is -0.890. The molecule has 17 heavy (non-hydrogen) atoms. The summed E-state index contributed by atoms with van der Waals surface area (Å²) < 4.78 is 0. The lowest BCUT2D eigenvalue weighted by atomic mass is 9.84. The maximum Gasteiger partial charge on any atom is 0.0570 e. The van der Waals surface area contributed by atoms with Crippen LogP contribution in [0.5, 0.6) is 0 Å². The van der Waals surface area contributed by atoms with Gasteiger partial charge in [-0.05, 0) is 37.8 Å². The Morgan fingerprint density at radius 1 is 1.41 bits per heavy atom. The van der Waals surface area contributed by atoms with E-state index in [-0.39, 0.29) is 0 Å². The highest BCUT2D eigenvalue weighted by molar-refractivity contribution is 5.08. The highest BCUT2D eigenvalue weighted by atomic mass is 15.0. The van der Waals surface area contributed by atoms with E-state index in [1.165, 1.54) is 32.1 Å². The Kier molecular flexibility index (Phi) is 4.55. The van der Waals surface area contributed by atoms with E-state index in [0.29, 0.717) is 12.1 Å². The minimum atomic E-state index is 0.372. The molecule has 2 nitrogen and oxygen atoms in total. The van der Waals surface area contributed by atoms with Crippen LogP contribution in [-0.2, 0) is 0 Å². The number of aromatic nitrogens is 1.